The zero-order valence-electron chi connectivity index (χ0n) is 11.5. The summed E-state index contributed by atoms with van der Waals surface area (Å²) in [6.07, 6.45) is -0.189. The third-order valence-electron chi connectivity index (χ3n) is 3.19. The van der Waals surface area contributed by atoms with Crippen molar-refractivity contribution in [1.82, 2.24) is 10.6 Å². The number of aryl methyl sites for hydroxylation is 1. The lowest BCUT2D eigenvalue weighted by Gasteiger charge is -2.23. The highest BCUT2D eigenvalue weighted by Crippen LogP contribution is 2.21. The molecule has 0 aliphatic carbocycles. The van der Waals surface area contributed by atoms with Gasteiger partial charge in [-0.25, -0.2) is 4.39 Å². The lowest BCUT2D eigenvalue weighted by Crippen LogP contribution is -2.45. The third-order valence-corrected chi connectivity index (χ3v) is 3.19. The molecule has 1 aliphatic rings. The van der Waals surface area contributed by atoms with Gasteiger partial charge in [0.15, 0.2) is 0 Å². The van der Waals surface area contributed by atoms with E-state index in [2.05, 4.69) is 10.6 Å². The second kappa shape index (κ2) is 6.59. The van der Waals surface area contributed by atoms with Gasteiger partial charge in [0.2, 0.25) is 0 Å². The molecule has 114 valence electrons. The molecule has 0 spiro atoms. The van der Waals surface area contributed by atoms with E-state index < -0.39 is 16.6 Å². The molecular weight excluding hydrogens is 281 g/mol. The van der Waals surface area contributed by atoms with Crippen molar-refractivity contribution in [2.45, 2.75) is 13.0 Å². The summed E-state index contributed by atoms with van der Waals surface area (Å²) in [6.45, 7) is 3.49. The van der Waals surface area contributed by atoms with Crippen LogP contribution >= 0.6 is 0 Å². The van der Waals surface area contributed by atoms with Gasteiger partial charge >= 0.3 is 0 Å². The maximum atomic E-state index is 13.9. The smallest absolute Gasteiger partial charge is 0.270 e. The first-order valence-corrected chi connectivity index (χ1v) is 6.54. The summed E-state index contributed by atoms with van der Waals surface area (Å²) < 4.78 is 19.3. The second-order valence-electron chi connectivity index (χ2n) is 4.79. The molecule has 21 heavy (non-hydrogen) atoms. The van der Waals surface area contributed by atoms with Crippen molar-refractivity contribution < 1.29 is 18.8 Å². The lowest BCUT2D eigenvalue weighted by molar-refractivity contribution is -0.385. The molecule has 7 nitrogen and oxygen atoms in total. The first-order chi connectivity index (χ1) is 9.99. The van der Waals surface area contributed by atoms with E-state index >= 15 is 0 Å². The number of hydrogen-bond acceptors (Lipinski definition) is 5. The summed E-state index contributed by atoms with van der Waals surface area (Å²) in [4.78, 5) is 22.1. The Hall–Kier alpha value is -2.06. The van der Waals surface area contributed by atoms with Crippen molar-refractivity contribution in [1.29, 1.82) is 0 Å². The molecule has 1 aromatic carbocycles. The fraction of sp³-hybridized carbons (Fsp3) is 0.462. The van der Waals surface area contributed by atoms with Gasteiger partial charge in [-0.1, -0.05) is 0 Å². The van der Waals surface area contributed by atoms with Crippen LogP contribution in [0.3, 0.4) is 0 Å². The standard InChI is InChI=1S/C13H16FN3O4/c1-8-4-9(17(19)20)5-11(12(8)14)13(18)16-7-10-6-15-2-3-21-10/h4-5,10,15H,2-3,6-7H2,1H3,(H,16,18). The molecule has 1 saturated heterocycles. The Morgan fingerprint density at radius 2 is 2.38 bits per heavy atom. The van der Waals surface area contributed by atoms with Crippen molar-refractivity contribution in [3.63, 3.8) is 0 Å². The maximum Gasteiger partial charge on any atom is 0.270 e. The highest BCUT2D eigenvalue weighted by Gasteiger charge is 2.21. The summed E-state index contributed by atoms with van der Waals surface area (Å²) in [5, 5.41) is 16.4. The molecule has 1 aliphatic heterocycles. The number of halogens is 1. The van der Waals surface area contributed by atoms with Crippen LogP contribution in [0.15, 0.2) is 12.1 Å². The molecule has 1 unspecified atom stereocenters. The topological polar surface area (TPSA) is 93.5 Å². The summed E-state index contributed by atoms with van der Waals surface area (Å²) in [6, 6.07) is 2.04. The average Bonchev–Trinajstić information content (AvgIpc) is 2.48. The second-order valence-corrected chi connectivity index (χ2v) is 4.79. The van der Waals surface area contributed by atoms with Gasteiger partial charge < -0.3 is 15.4 Å². The Morgan fingerprint density at radius 1 is 1.62 bits per heavy atom. The summed E-state index contributed by atoms with van der Waals surface area (Å²) in [5.41, 5.74) is -0.579. The molecule has 2 rings (SSSR count). The van der Waals surface area contributed by atoms with Crippen LogP contribution in [-0.2, 0) is 4.74 Å². The number of rotatable bonds is 4. The first kappa shape index (κ1) is 15.3. The van der Waals surface area contributed by atoms with Crippen LogP contribution in [0.5, 0.6) is 0 Å². The summed E-state index contributed by atoms with van der Waals surface area (Å²) in [5.74, 6) is -1.44. The fourth-order valence-corrected chi connectivity index (χ4v) is 2.07. The van der Waals surface area contributed by atoms with Gasteiger partial charge in [-0.05, 0) is 12.5 Å². The van der Waals surface area contributed by atoms with Crippen LogP contribution in [0.2, 0.25) is 0 Å². The van der Waals surface area contributed by atoms with E-state index in [1.165, 1.54) is 6.92 Å². The molecular formula is C13H16FN3O4. The van der Waals surface area contributed by atoms with E-state index in [-0.39, 0.29) is 29.5 Å². The SMILES string of the molecule is Cc1cc([N+](=O)[O-])cc(C(=O)NCC2CNCCO2)c1F. The van der Waals surface area contributed by atoms with Crippen molar-refractivity contribution >= 4 is 11.6 Å². The molecule has 0 radical (unpaired) electrons. The molecule has 1 amide bonds. The van der Waals surface area contributed by atoms with Gasteiger partial charge in [0.1, 0.15) is 5.82 Å². The van der Waals surface area contributed by atoms with E-state index in [0.717, 1.165) is 18.7 Å². The molecule has 0 bridgehead atoms. The Morgan fingerprint density at radius 3 is 3.00 bits per heavy atom. The summed E-state index contributed by atoms with van der Waals surface area (Å²) >= 11 is 0. The zero-order chi connectivity index (χ0) is 15.4. The number of nitrogens with zero attached hydrogens (tertiary/aromatic N) is 1. The number of non-ortho nitro benzene ring substituents is 1. The number of nitrogens with one attached hydrogen (secondary N) is 2. The minimum Gasteiger partial charge on any atom is -0.374 e. The van der Waals surface area contributed by atoms with Gasteiger partial charge in [0.05, 0.1) is 23.2 Å². The van der Waals surface area contributed by atoms with Gasteiger partial charge in [-0.2, -0.15) is 0 Å². The number of carbonyl (C=O) groups excluding carboxylic acids is 1. The van der Waals surface area contributed by atoms with Crippen molar-refractivity contribution in [3.05, 3.63) is 39.2 Å². The van der Waals surface area contributed by atoms with Crippen molar-refractivity contribution in [3.8, 4) is 0 Å². The number of ether oxygens (including phenoxy) is 1. The molecule has 2 N–H and O–H groups in total. The average molecular weight is 297 g/mol. The van der Waals surface area contributed by atoms with Crippen LogP contribution in [0, 0.1) is 22.9 Å². The van der Waals surface area contributed by atoms with E-state index in [9.17, 15) is 19.3 Å². The van der Waals surface area contributed by atoms with Crippen molar-refractivity contribution in [2.75, 3.05) is 26.2 Å². The zero-order valence-corrected chi connectivity index (χ0v) is 11.5. The molecule has 8 heteroatoms. The Bertz CT molecular complexity index is 559. The fourth-order valence-electron chi connectivity index (χ4n) is 2.07. The van der Waals surface area contributed by atoms with E-state index in [0.29, 0.717) is 13.2 Å². The van der Waals surface area contributed by atoms with Crippen LogP contribution < -0.4 is 10.6 Å². The number of nitro groups is 1. The van der Waals surface area contributed by atoms with E-state index in [4.69, 9.17) is 4.74 Å². The van der Waals surface area contributed by atoms with E-state index in [1.807, 2.05) is 0 Å². The van der Waals surface area contributed by atoms with Gasteiger partial charge in [-0.15, -0.1) is 0 Å². The minimum atomic E-state index is -0.749. The monoisotopic (exact) mass is 297 g/mol. The van der Waals surface area contributed by atoms with Crippen LogP contribution in [-0.4, -0.2) is 43.2 Å². The minimum absolute atomic E-state index is 0.0601. The molecule has 1 heterocycles. The number of nitro benzene ring substituents is 1. The molecule has 1 aromatic rings. The van der Waals surface area contributed by atoms with Gasteiger partial charge in [-0.3, -0.25) is 14.9 Å². The number of benzene rings is 1. The Balaban J connectivity index is 2.09. The lowest BCUT2D eigenvalue weighted by atomic mass is 10.1. The predicted octanol–water partition coefficient (Wildman–Crippen LogP) is 0.761. The highest BCUT2D eigenvalue weighted by molar-refractivity contribution is 5.95. The molecule has 0 aromatic heterocycles. The van der Waals surface area contributed by atoms with Crippen LogP contribution in [0.1, 0.15) is 15.9 Å². The van der Waals surface area contributed by atoms with E-state index in [1.54, 1.807) is 0 Å². The quantitative estimate of drug-likeness (QED) is 0.632. The molecule has 0 saturated carbocycles. The van der Waals surface area contributed by atoms with Gasteiger partial charge in [0.25, 0.3) is 11.6 Å². The van der Waals surface area contributed by atoms with Crippen molar-refractivity contribution in [2.24, 2.45) is 0 Å². The Labute approximate surface area is 120 Å². The third kappa shape index (κ3) is 3.73. The number of carbonyl (C=O) groups is 1. The molecule has 1 fully saturated rings. The highest BCUT2D eigenvalue weighted by atomic mass is 19.1. The normalized spacial score (nSPS) is 18.3. The van der Waals surface area contributed by atoms with Gasteiger partial charge in [0, 0.05) is 31.8 Å². The molecule has 1 atom stereocenters. The number of hydrogen-bond donors (Lipinski definition) is 2. The van der Waals surface area contributed by atoms with Crippen LogP contribution in [0.4, 0.5) is 10.1 Å². The Kier molecular flexibility index (Phi) is 4.81. The summed E-state index contributed by atoms with van der Waals surface area (Å²) in [7, 11) is 0. The first-order valence-electron chi connectivity index (χ1n) is 6.54. The predicted molar refractivity (Wildman–Crippen MR) is 72.7 cm³/mol. The number of amides is 1. The van der Waals surface area contributed by atoms with Crippen LogP contribution in [0.25, 0.3) is 0 Å². The number of morpholine rings is 1. The largest absolute Gasteiger partial charge is 0.374 e. The maximum absolute atomic E-state index is 13.9.